The average molecular weight is 431 g/mol. The molecule has 0 aliphatic carbocycles. The summed E-state index contributed by atoms with van der Waals surface area (Å²) in [5, 5.41) is 23.4. The number of nitrogens with zero attached hydrogens (tertiary/aromatic N) is 4. The maximum atomic E-state index is 12.1. The van der Waals surface area contributed by atoms with Gasteiger partial charge in [-0.1, -0.05) is 23.1 Å². The zero-order valence-electron chi connectivity index (χ0n) is 16.2. The minimum absolute atomic E-state index is 0.0155. The number of carbonyl (C=O) groups excluding carboxylic acids is 1. The predicted octanol–water partition coefficient (Wildman–Crippen LogP) is 3.40. The third-order valence-electron chi connectivity index (χ3n) is 5.37. The Morgan fingerprint density at radius 1 is 1.41 bits per heavy atom. The number of likely N-dealkylation sites (tertiary alicyclic amines) is 1. The lowest BCUT2D eigenvalue weighted by atomic mass is 10.0. The fourth-order valence-corrected chi connectivity index (χ4v) is 5.45. The SMILES string of the molecule is C[C@H](N1CC[C@H](Sc2nnc(NC(=O)Nc3ccc(C#N)cc3)s2)C1)[C@]1(C)CO1. The highest BCUT2D eigenvalue weighted by Crippen LogP contribution is 2.38. The van der Waals surface area contributed by atoms with E-state index < -0.39 is 0 Å². The Labute approximate surface area is 177 Å². The molecule has 0 saturated carbocycles. The van der Waals surface area contributed by atoms with E-state index in [-0.39, 0.29) is 11.6 Å². The van der Waals surface area contributed by atoms with Gasteiger partial charge in [-0.2, -0.15) is 5.26 Å². The van der Waals surface area contributed by atoms with Crippen LogP contribution in [0.5, 0.6) is 0 Å². The van der Waals surface area contributed by atoms with Crippen LogP contribution in [-0.4, -0.2) is 57.7 Å². The highest BCUT2D eigenvalue weighted by atomic mass is 32.2. The van der Waals surface area contributed by atoms with Crippen LogP contribution in [0.2, 0.25) is 0 Å². The van der Waals surface area contributed by atoms with E-state index in [1.165, 1.54) is 11.3 Å². The van der Waals surface area contributed by atoms with Crippen LogP contribution in [0.15, 0.2) is 28.6 Å². The van der Waals surface area contributed by atoms with Gasteiger partial charge in [0.05, 0.1) is 18.2 Å². The lowest BCUT2D eigenvalue weighted by Crippen LogP contribution is -2.41. The quantitative estimate of drug-likeness (QED) is 0.534. The first-order valence-electron chi connectivity index (χ1n) is 9.41. The third kappa shape index (κ3) is 4.87. The van der Waals surface area contributed by atoms with Gasteiger partial charge in [0.1, 0.15) is 5.60 Å². The van der Waals surface area contributed by atoms with Crippen molar-refractivity contribution < 1.29 is 9.53 Å². The Bertz CT molecular complexity index is 922. The lowest BCUT2D eigenvalue weighted by molar-refractivity contribution is 0.154. The average Bonchev–Trinajstić information content (AvgIpc) is 3.10. The van der Waals surface area contributed by atoms with Gasteiger partial charge in [0.2, 0.25) is 5.13 Å². The van der Waals surface area contributed by atoms with Gasteiger partial charge in [0.15, 0.2) is 4.34 Å². The van der Waals surface area contributed by atoms with Gasteiger partial charge in [-0.15, -0.1) is 10.2 Å². The molecule has 0 spiro atoms. The van der Waals surface area contributed by atoms with Crippen molar-refractivity contribution in [1.82, 2.24) is 15.1 Å². The van der Waals surface area contributed by atoms with Crippen LogP contribution >= 0.6 is 23.1 Å². The number of ether oxygens (including phenoxy) is 1. The summed E-state index contributed by atoms with van der Waals surface area (Å²) in [6.07, 6.45) is 1.10. The molecular weight excluding hydrogens is 408 g/mol. The van der Waals surface area contributed by atoms with E-state index in [0.29, 0.717) is 27.7 Å². The van der Waals surface area contributed by atoms with Crippen LogP contribution in [0, 0.1) is 11.3 Å². The van der Waals surface area contributed by atoms with E-state index in [0.717, 1.165) is 30.5 Å². The number of nitrogens with one attached hydrogen (secondary N) is 2. The highest BCUT2D eigenvalue weighted by Gasteiger charge is 2.48. The Morgan fingerprint density at radius 2 is 2.17 bits per heavy atom. The standard InChI is InChI=1S/C19H22N6O2S2/c1-12(19(2)11-27-19)25-8-7-15(10-25)28-18-24-23-17(29-18)22-16(26)21-14-5-3-13(9-20)4-6-14/h3-6,12,15H,7-8,10-11H2,1-2H3,(H2,21,22,23,26)/t12-,15-,19-/m0/s1. The number of anilines is 2. The van der Waals surface area contributed by atoms with Gasteiger partial charge >= 0.3 is 6.03 Å². The van der Waals surface area contributed by atoms with Crippen molar-refractivity contribution in [2.45, 2.75) is 41.5 Å². The zero-order chi connectivity index (χ0) is 20.4. The largest absolute Gasteiger partial charge is 0.368 e. The Kier molecular flexibility index (Phi) is 5.74. The molecule has 2 amide bonds. The molecule has 2 fully saturated rings. The predicted molar refractivity (Wildman–Crippen MR) is 113 cm³/mol. The number of amides is 2. The number of rotatable bonds is 6. The maximum Gasteiger partial charge on any atom is 0.325 e. The Balaban J connectivity index is 1.26. The fraction of sp³-hybridized carbons (Fsp3) is 0.474. The van der Waals surface area contributed by atoms with E-state index in [9.17, 15) is 4.79 Å². The second kappa shape index (κ2) is 8.28. The molecule has 2 aliphatic heterocycles. The Morgan fingerprint density at radius 3 is 2.86 bits per heavy atom. The van der Waals surface area contributed by atoms with Crippen LogP contribution in [-0.2, 0) is 4.74 Å². The summed E-state index contributed by atoms with van der Waals surface area (Å²) >= 11 is 3.09. The molecule has 2 N–H and O–H groups in total. The van der Waals surface area contributed by atoms with Crippen molar-refractivity contribution in [2.24, 2.45) is 0 Å². The van der Waals surface area contributed by atoms with Gasteiger partial charge in [-0.05, 0) is 51.1 Å². The van der Waals surface area contributed by atoms with Crippen molar-refractivity contribution in [3.8, 4) is 6.07 Å². The molecule has 8 nitrogen and oxygen atoms in total. The summed E-state index contributed by atoms with van der Waals surface area (Å²) in [7, 11) is 0. The van der Waals surface area contributed by atoms with E-state index >= 15 is 0 Å². The molecule has 3 heterocycles. The maximum absolute atomic E-state index is 12.1. The summed E-state index contributed by atoms with van der Waals surface area (Å²) in [6.45, 7) is 7.32. The highest BCUT2D eigenvalue weighted by molar-refractivity contribution is 8.01. The van der Waals surface area contributed by atoms with Gasteiger partial charge in [-0.3, -0.25) is 10.2 Å². The summed E-state index contributed by atoms with van der Waals surface area (Å²) < 4.78 is 6.44. The molecular formula is C19H22N6O2S2. The number of urea groups is 1. The molecule has 1 aromatic carbocycles. The molecule has 0 radical (unpaired) electrons. The molecule has 152 valence electrons. The number of epoxide rings is 1. The van der Waals surface area contributed by atoms with Crippen molar-refractivity contribution in [1.29, 1.82) is 5.26 Å². The van der Waals surface area contributed by atoms with E-state index in [1.54, 1.807) is 36.0 Å². The molecule has 1 aromatic heterocycles. The second-order valence-electron chi connectivity index (χ2n) is 7.44. The first-order valence-corrected chi connectivity index (χ1v) is 11.1. The van der Waals surface area contributed by atoms with Gasteiger partial charge < -0.3 is 10.1 Å². The van der Waals surface area contributed by atoms with Crippen LogP contribution < -0.4 is 10.6 Å². The van der Waals surface area contributed by atoms with E-state index in [1.807, 2.05) is 6.07 Å². The lowest BCUT2D eigenvalue weighted by Gasteiger charge is -2.27. The second-order valence-corrected chi connectivity index (χ2v) is 9.97. The minimum Gasteiger partial charge on any atom is -0.368 e. The van der Waals surface area contributed by atoms with Crippen molar-refractivity contribution in [3.63, 3.8) is 0 Å². The molecule has 2 saturated heterocycles. The van der Waals surface area contributed by atoms with Crippen LogP contribution in [0.25, 0.3) is 0 Å². The number of hydrogen-bond acceptors (Lipinski definition) is 8. The minimum atomic E-state index is -0.388. The summed E-state index contributed by atoms with van der Waals surface area (Å²) in [6, 6.07) is 8.74. The van der Waals surface area contributed by atoms with Gasteiger partial charge in [-0.25, -0.2) is 4.79 Å². The fourth-order valence-electron chi connectivity index (χ4n) is 3.28. The molecule has 0 bridgehead atoms. The third-order valence-corrected chi connectivity index (χ3v) is 7.55. The zero-order valence-corrected chi connectivity index (χ0v) is 17.8. The first kappa shape index (κ1) is 20.1. The number of hydrogen-bond donors (Lipinski definition) is 2. The number of thioether (sulfide) groups is 1. The van der Waals surface area contributed by atoms with Gasteiger partial charge in [0.25, 0.3) is 0 Å². The van der Waals surface area contributed by atoms with E-state index in [2.05, 4.69) is 39.6 Å². The number of benzene rings is 1. The molecule has 2 aromatic rings. The van der Waals surface area contributed by atoms with Crippen LogP contribution in [0.3, 0.4) is 0 Å². The summed E-state index contributed by atoms with van der Waals surface area (Å²) in [5.41, 5.74) is 1.16. The molecule has 2 aliphatic rings. The summed E-state index contributed by atoms with van der Waals surface area (Å²) in [4.78, 5) is 14.6. The topological polar surface area (TPSA) is 106 Å². The molecule has 3 atom stereocenters. The van der Waals surface area contributed by atoms with Crippen LogP contribution in [0.1, 0.15) is 25.8 Å². The Hall–Kier alpha value is -2.19. The monoisotopic (exact) mass is 430 g/mol. The number of nitriles is 1. The molecule has 10 heteroatoms. The van der Waals surface area contributed by atoms with E-state index in [4.69, 9.17) is 10.00 Å². The molecule has 29 heavy (non-hydrogen) atoms. The first-order chi connectivity index (χ1) is 13.9. The smallest absolute Gasteiger partial charge is 0.325 e. The van der Waals surface area contributed by atoms with Crippen LogP contribution in [0.4, 0.5) is 15.6 Å². The molecule has 4 rings (SSSR count). The molecule has 0 unspecified atom stereocenters. The van der Waals surface area contributed by atoms with Crippen molar-refractivity contribution >= 4 is 39.9 Å². The normalized spacial score (nSPS) is 24.7. The van der Waals surface area contributed by atoms with Crippen molar-refractivity contribution in [2.75, 3.05) is 30.3 Å². The van der Waals surface area contributed by atoms with Crippen molar-refractivity contribution in [3.05, 3.63) is 29.8 Å². The number of carbonyl (C=O) groups is 1. The summed E-state index contributed by atoms with van der Waals surface area (Å²) in [5.74, 6) is 0. The van der Waals surface area contributed by atoms with Gasteiger partial charge in [0, 0.05) is 23.5 Å². The number of aromatic nitrogens is 2.